The van der Waals surface area contributed by atoms with E-state index in [2.05, 4.69) is 0 Å². The largest absolute Gasteiger partial charge is 0.492 e. The Bertz CT molecular complexity index is 558. The van der Waals surface area contributed by atoms with Crippen molar-refractivity contribution in [1.29, 1.82) is 0 Å². The third kappa shape index (κ3) is 1.95. The zero-order valence-electron chi connectivity index (χ0n) is 10.2. The number of hydrogen-bond donors (Lipinski definition) is 0. The Morgan fingerprint density at radius 1 is 1.17 bits per heavy atom. The molecule has 2 rings (SSSR count). The molecule has 4 heteroatoms. The van der Waals surface area contributed by atoms with E-state index in [0.717, 1.165) is 6.42 Å². The highest BCUT2D eigenvalue weighted by Crippen LogP contribution is 2.30. The van der Waals surface area contributed by atoms with Crippen LogP contribution >= 0.6 is 11.6 Å². The number of ketones is 2. The van der Waals surface area contributed by atoms with Crippen molar-refractivity contribution >= 4 is 23.2 Å². The molecule has 1 aliphatic carbocycles. The molecule has 1 aromatic carbocycles. The topological polar surface area (TPSA) is 43.4 Å². The molecule has 0 saturated carbocycles. The number of hydrogen-bond acceptors (Lipinski definition) is 3. The molecule has 0 fully saturated rings. The summed E-state index contributed by atoms with van der Waals surface area (Å²) in [6, 6.07) is 4.71. The van der Waals surface area contributed by atoms with Gasteiger partial charge in [-0.1, -0.05) is 24.9 Å². The van der Waals surface area contributed by atoms with Crippen molar-refractivity contribution in [2.75, 3.05) is 7.11 Å². The van der Waals surface area contributed by atoms with Gasteiger partial charge in [-0.25, -0.2) is 0 Å². The number of fused-ring (bicyclic) bond motifs is 1. The number of allylic oxidation sites excluding steroid dienone is 2. The molecule has 0 spiro atoms. The molecule has 1 aromatic rings. The van der Waals surface area contributed by atoms with Gasteiger partial charge in [-0.05, 0) is 24.6 Å². The van der Waals surface area contributed by atoms with Crippen LogP contribution in [-0.4, -0.2) is 18.7 Å². The molecule has 94 valence electrons. The molecule has 3 nitrogen and oxygen atoms in total. The van der Waals surface area contributed by atoms with E-state index < -0.39 is 0 Å². The predicted octanol–water partition coefficient (Wildman–Crippen LogP) is 3.42. The number of carbonyl (C=O) groups is 2. The van der Waals surface area contributed by atoms with Gasteiger partial charge in [0.1, 0.15) is 0 Å². The fourth-order valence-corrected chi connectivity index (χ4v) is 2.29. The van der Waals surface area contributed by atoms with Crippen LogP contribution in [0, 0.1) is 0 Å². The molecular formula is C14H13ClO3. The molecule has 18 heavy (non-hydrogen) atoms. The van der Waals surface area contributed by atoms with Gasteiger partial charge in [0.2, 0.25) is 5.78 Å². The smallest absolute Gasteiger partial charge is 0.228 e. The minimum Gasteiger partial charge on any atom is -0.492 e. The first kappa shape index (κ1) is 12.8. The van der Waals surface area contributed by atoms with Crippen LogP contribution in [0.1, 0.15) is 40.5 Å². The lowest BCUT2D eigenvalue weighted by Crippen LogP contribution is -2.23. The average molecular weight is 265 g/mol. The lowest BCUT2D eigenvalue weighted by molar-refractivity contribution is 0.0902. The van der Waals surface area contributed by atoms with Gasteiger partial charge in [0.15, 0.2) is 11.5 Å². The van der Waals surface area contributed by atoms with Gasteiger partial charge in [0.05, 0.1) is 7.11 Å². The van der Waals surface area contributed by atoms with Crippen molar-refractivity contribution in [2.45, 2.75) is 19.8 Å². The summed E-state index contributed by atoms with van der Waals surface area (Å²) in [5.74, 6) is -0.241. The van der Waals surface area contributed by atoms with Crippen LogP contribution in [0.2, 0.25) is 5.02 Å². The predicted molar refractivity (Wildman–Crippen MR) is 69.1 cm³/mol. The quantitative estimate of drug-likeness (QED) is 0.840. The van der Waals surface area contributed by atoms with Crippen molar-refractivity contribution in [1.82, 2.24) is 0 Å². The third-order valence-electron chi connectivity index (χ3n) is 2.93. The number of ether oxygens (including phenoxy) is 1. The molecule has 0 aliphatic heterocycles. The Labute approximate surface area is 110 Å². The lowest BCUT2D eigenvalue weighted by atomic mass is 9.86. The van der Waals surface area contributed by atoms with Gasteiger partial charge < -0.3 is 4.74 Å². The first-order chi connectivity index (χ1) is 8.60. The van der Waals surface area contributed by atoms with Crippen molar-refractivity contribution in [3.63, 3.8) is 0 Å². The van der Waals surface area contributed by atoms with E-state index in [1.54, 1.807) is 18.2 Å². The van der Waals surface area contributed by atoms with Crippen molar-refractivity contribution < 1.29 is 14.3 Å². The van der Waals surface area contributed by atoms with Gasteiger partial charge >= 0.3 is 0 Å². The number of rotatable bonds is 3. The molecule has 0 N–H and O–H groups in total. The zero-order valence-corrected chi connectivity index (χ0v) is 11.0. The number of methoxy groups -OCH3 is 1. The molecule has 0 heterocycles. The average Bonchev–Trinajstić information content (AvgIpc) is 2.36. The maximum atomic E-state index is 12.3. The monoisotopic (exact) mass is 264 g/mol. The summed E-state index contributed by atoms with van der Waals surface area (Å²) in [6.45, 7) is 1.95. The Balaban J connectivity index is 2.62. The minimum absolute atomic E-state index is 0.161. The van der Waals surface area contributed by atoms with Crippen LogP contribution in [0.4, 0.5) is 0 Å². The summed E-state index contributed by atoms with van der Waals surface area (Å²) in [6.07, 6.45) is 1.30. The Kier molecular flexibility index (Phi) is 3.53. The maximum Gasteiger partial charge on any atom is 0.228 e. The molecule has 0 bridgehead atoms. The van der Waals surface area contributed by atoms with Crippen molar-refractivity contribution in [3.05, 3.63) is 45.7 Å². The Hall–Kier alpha value is -1.61. The van der Waals surface area contributed by atoms with Gasteiger partial charge in [0.25, 0.3) is 0 Å². The summed E-state index contributed by atoms with van der Waals surface area (Å²) >= 11 is 5.87. The molecule has 1 aliphatic rings. The van der Waals surface area contributed by atoms with Crippen LogP contribution in [0.15, 0.2) is 29.5 Å². The number of carbonyl (C=O) groups excluding carboxylic acids is 2. The highest BCUT2D eigenvalue weighted by molar-refractivity contribution is 6.32. The second-order valence-electron chi connectivity index (χ2n) is 4.11. The highest BCUT2D eigenvalue weighted by atomic mass is 35.5. The second kappa shape index (κ2) is 4.94. The van der Waals surface area contributed by atoms with Crippen molar-refractivity contribution in [3.8, 4) is 0 Å². The molecule has 0 amide bonds. The van der Waals surface area contributed by atoms with Gasteiger partial charge in [-0.3, -0.25) is 9.59 Å². The molecule has 0 aromatic heterocycles. The van der Waals surface area contributed by atoms with E-state index in [0.29, 0.717) is 28.1 Å². The molecule has 0 radical (unpaired) electrons. The SMILES string of the molecule is CCCC1=C(OC)C(=O)c2ccc(Cl)cc2C1=O. The standard InChI is InChI=1S/C14H13ClO3/c1-3-4-10-12(16)11-7-8(15)5-6-9(11)13(17)14(10)18-2/h5-7H,3-4H2,1-2H3. The molecule has 0 unspecified atom stereocenters. The summed E-state index contributed by atoms with van der Waals surface area (Å²) in [5, 5.41) is 0.451. The van der Waals surface area contributed by atoms with E-state index in [4.69, 9.17) is 16.3 Å². The number of halogens is 1. The van der Waals surface area contributed by atoms with E-state index in [1.165, 1.54) is 7.11 Å². The maximum absolute atomic E-state index is 12.3. The molecule has 0 saturated heterocycles. The minimum atomic E-state index is -0.243. The van der Waals surface area contributed by atoms with Crippen LogP contribution in [-0.2, 0) is 4.74 Å². The number of Topliss-reactive ketones (excluding diaryl/α,β-unsaturated/α-hetero) is 2. The zero-order chi connectivity index (χ0) is 13.3. The van der Waals surface area contributed by atoms with E-state index in [-0.39, 0.29) is 17.3 Å². The summed E-state index contributed by atoms with van der Waals surface area (Å²) < 4.78 is 5.10. The Morgan fingerprint density at radius 3 is 2.50 bits per heavy atom. The first-order valence-electron chi connectivity index (χ1n) is 5.76. The summed E-state index contributed by atoms with van der Waals surface area (Å²) in [5.41, 5.74) is 1.18. The van der Waals surface area contributed by atoms with E-state index in [9.17, 15) is 9.59 Å². The van der Waals surface area contributed by atoms with Gasteiger partial charge in [0, 0.05) is 21.7 Å². The van der Waals surface area contributed by atoms with Gasteiger partial charge in [-0.2, -0.15) is 0 Å². The molecular weight excluding hydrogens is 252 g/mol. The third-order valence-corrected chi connectivity index (χ3v) is 3.16. The van der Waals surface area contributed by atoms with Gasteiger partial charge in [-0.15, -0.1) is 0 Å². The lowest BCUT2D eigenvalue weighted by Gasteiger charge is -2.19. The van der Waals surface area contributed by atoms with Crippen LogP contribution in [0.25, 0.3) is 0 Å². The van der Waals surface area contributed by atoms with Crippen molar-refractivity contribution in [2.24, 2.45) is 0 Å². The summed E-state index contributed by atoms with van der Waals surface area (Å²) in [4.78, 5) is 24.5. The second-order valence-corrected chi connectivity index (χ2v) is 4.55. The normalized spacial score (nSPS) is 14.8. The van der Waals surface area contributed by atoms with E-state index >= 15 is 0 Å². The molecule has 0 atom stereocenters. The Morgan fingerprint density at radius 2 is 1.89 bits per heavy atom. The van der Waals surface area contributed by atoms with E-state index in [1.807, 2.05) is 6.92 Å². The van der Waals surface area contributed by atoms with Crippen LogP contribution in [0.5, 0.6) is 0 Å². The first-order valence-corrected chi connectivity index (χ1v) is 6.14. The summed E-state index contributed by atoms with van der Waals surface area (Å²) in [7, 11) is 1.41. The fraction of sp³-hybridized carbons (Fsp3) is 0.286. The fourth-order valence-electron chi connectivity index (χ4n) is 2.12. The highest BCUT2D eigenvalue weighted by Gasteiger charge is 2.32. The van der Waals surface area contributed by atoms with Crippen LogP contribution < -0.4 is 0 Å². The number of benzene rings is 1. The van der Waals surface area contributed by atoms with Crippen LogP contribution in [0.3, 0.4) is 0 Å².